The number of hydrogen-bond donors (Lipinski definition) is 2. The minimum Gasteiger partial charge on any atom is -0.326 e. The van der Waals surface area contributed by atoms with Gasteiger partial charge >= 0.3 is 6.03 Å². The molecule has 1 unspecified atom stereocenters. The molecule has 0 radical (unpaired) electrons. The number of urea groups is 1. The minimum absolute atomic E-state index is 0.0368. The molecular formula is C21H18ClFN4O3. The predicted molar refractivity (Wildman–Crippen MR) is 109 cm³/mol. The SMILES string of the molecule is CN1C(=O)NC(c2ccccc2Cl)C2=C1CN(CC(=O)Nc1ccccc1F)C2=O. The van der Waals surface area contributed by atoms with Crippen LogP contribution in [0, 0.1) is 5.82 Å². The monoisotopic (exact) mass is 428 g/mol. The number of benzene rings is 2. The average molecular weight is 429 g/mol. The number of para-hydroxylation sites is 1. The van der Waals surface area contributed by atoms with Gasteiger partial charge in [-0.3, -0.25) is 14.5 Å². The highest BCUT2D eigenvalue weighted by atomic mass is 35.5. The van der Waals surface area contributed by atoms with E-state index in [2.05, 4.69) is 10.6 Å². The lowest BCUT2D eigenvalue weighted by molar-refractivity contribution is -0.130. The second kappa shape index (κ2) is 7.79. The molecule has 154 valence electrons. The van der Waals surface area contributed by atoms with Crippen molar-refractivity contribution >= 4 is 35.1 Å². The molecule has 30 heavy (non-hydrogen) atoms. The van der Waals surface area contributed by atoms with Gasteiger partial charge in [0.05, 0.1) is 29.5 Å². The van der Waals surface area contributed by atoms with Crippen LogP contribution in [0.15, 0.2) is 59.8 Å². The smallest absolute Gasteiger partial charge is 0.322 e. The number of carbonyl (C=O) groups excluding carboxylic acids is 3. The van der Waals surface area contributed by atoms with Crippen molar-refractivity contribution in [1.29, 1.82) is 0 Å². The van der Waals surface area contributed by atoms with Gasteiger partial charge in [-0.15, -0.1) is 0 Å². The zero-order chi connectivity index (χ0) is 21.4. The van der Waals surface area contributed by atoms with E-state index in [0.717, 1.165) is 0 Å². The van der Waals surface area contributed by atoms with Crippen LogP contribution < -0.4 is 10.6 Å². The van der Waals surface area contributed by atoms with E-state index in [-0.39, 0.29) is 30.7 Å². The molecule has 2 aliphatic rings. The molecule has 2 aliphatic heterocycles. The van der Waals surface area contributed by atoms with Crippen LogP contribution in [0.5, 0.6) is 0 Å². The highest BCUT2D eigenvalue weighted by Gasteiger charge is 2.43. The Hall–Kier alpha value is -3.39. The van der Waals surface area contributed by atoms with Crippen molar-refractivity contribution in [1.82, 2.24) is 15.1 Å². The molecule has 0 aliphatic carbocycles. The van der Waals surface area contributed by atoms with Gasteiger partial charge in [-0.1, -0.05) is 41.9 Å². The molecule has 4 rings (SSSR count). The minimum atomic E-state index is -0.718. The fraction of sp³-hybridized carbons (Fsp3) is 0.190. The Morgan fingerprint density at radius 2 is 1.90 bits per heavy atom. The molecule has 0 saturated carbocycles. The largest absolute Gasteiger partial charge is 0.326 e. The topological polar surface area (TPSA) is 81.8 Å². The zero-order valence-electron chi connectivity index (χ0n) is 16.0. The quantitative estimate of drug-likeness (QED) is 0.785. The molecule has 0 spiro atoms. The van der Waals surface area contributed by atoms with E-state index < -0.39 is 17.8 Å². The Morgan fingerprint density at radius 3 is 2.63 bits per heavy atom. The lowest BCUT2D eigenvalue weighted by Crippen LogP contribution is -2.45. The van der Waals surface area contributed by atoms with Gasteiger partial charge < -0.3 is 15.5 Å². The lowest BCUT2D eigenvalue weighted by atomic mass is 9.96. The first kappa shape index (κ1) is 19.9. The summed E-state index contributed by atoms with van der Waals surface area (Å²) < 4.78 is 13.8. The molecular weight excluding hydrogens is 411 g/mol. The second-order valence-corrected chi connectivity index (χ2v) is 7.42. The van der Waals surface area contributed by atoms with E-state index in [1.807, 2.05) is 0 Å². The first-order valence-electron chi connectivity index (χ1n) is 9.22. The molecule has 0 aromatic heterocycles. The summed E-state index contributed by atoms with van der Waals surface area (Å²) >= 11 is 6.29. The van der Waals surface area contributed by atoms with Crippen LogP contribution in [0.4, 0.5) is 14.9 Å². The van der Waals surface area contributed by atoms with Crippen LogP contribution in [0.2, 0.25) is 5.02 Å². The molecule has 2 heterocycles. The summed E-state index contributed by atoms with van der Waals surface area (Å²) in [5.74, 6) is -1.49. The van der Waals surface area contributed by atoms with E-state index in [9.17, 15) is 18.8 Å². The Labute approximate surface area is 177 Å². The number of nitrogens with zero attached hydrogens (tertiary/aromatic N) is 2. The second-order valence-electron chi connectivity index (χ2n) is 7.01. The summed E-state index contributed by atoms with van der Waals surface area (Å²) in [4.78, 5) is 40.7. The van der Waals surface area contributed by atoms with Crippen molar-refractivity contribution in [3.05, 3.63) is 76.2 Å². The lowest BCUT2D eigenvalue weighted by Gasteiger charge is -2.31. The molecule has 7 nitrogen and oxygen atoms in total. The van der Waals surface area contributed by atoms with Gasteiger partial charge in [0.1, 0.15) is 12.4 Å². The third-order valence-corrected chi connectivity index (χ3v) is 5.48. The predicted octanol–water partition coefficient (Wildman–Crippen LogP) is 2.91. The third kappa shape index (κ3) is 3.50. The fourth-order valence-corrected chi connectivity index (χ4v) is 3.86. The van der Waals surface area contributed by atoms with Crippen LogP contribution in [0.1, 0.15) is 11.6 Å². The Morgan fingerprint density at radius 1 is 1.20 bits per heavy atom. The third-order valence-electron chi connectivity index (χ3n) is 5.13. The average Bonchev–Trinajstić information content (AvgIpc) is 3.04. The van der Waals surface area contributed by atoms with Crippen molar-refractivity contribution in [2.75, 3.05) is 25.5 Å². The summed E-state index contributed by atoms with van der Waals surface area (Å²) in [5.41, 5.74) is 1.50. The van der Waals surface area contributed by atoms with Gasteiger partial charge in [0.25, 0.3) is 5.91 Å². The van der Waals surface area contributed by atoms with Crippen LogP contribution in [0.25, 0.3) is 0 Å². The molecule has 2 aromatic rings. The molecule has 0 fully saturated rings. The first-order chi connectivity index (χ1) is 14.4. The van der Waals surface area contributed by atoms with Crippen LogP contribution >= 0.6 is 11.6 Å². The van der Waals surface area contributed by atoms with Crippen LogP contribution in [-0.2, 0) is 9.59 Å². The van der Waals surface area contributed by atoms with Crippen molar-refractivity contribution in [3.63, 3.8) is 0 Å². The number of amides is 4. The maximum Gasteiger partial charge on any atom is 0.322 e. The van der Waals surface area contributed by atoms with Gasteiger partial charge in [-0.2, -0.15) is 0 Å². The molecule has 4 amide bonds. The first-order valence-corrected chi connectivity index (χ1v) is 9.60. The Balaban J connectivity index is 1.57. The number of likely N-dealkylation sites (N-methyl/N-ethyl adjacent to an activating group) is 1. The number of hydrogen-bond acceptors (Lipinski definition) is 3. The Bertz CT molecular complexity index is 1090. The molecule has 2 N–H and O–H groups in total. The summed E-state index contributed by atoms with van der Waals surface area (Å²) in [7, 11) is 1.56. The van der Waals surface area contributed by atoms with E-state index in [1.54, 1.807) is 37.4 Å². The molecule has 1 atom stereocenters. The van der Waals surface area contributed by atoms with Gasteiger partial charge in [0, 0.05) is 12.1 Å². The van der Waals surface area contributed by atoms with Crippen molar-refractivity contribution in [2.45, 2.75) is 6.04 Å². The van der Waals surface area contributed by atoms with Crippen LogP contribution in [-0.4, -0.2) is 47.8 Å². The maximum absolute atomic E-state index is 13.8. The van der Waals surface area contributed by atoms with Gasteiger partial charge in [0.15, 0.2) is 0 Å². The highest BCUT2D eigenvalue weighted by Crippen LogP contribution is 2.37. The van der Waals surface area contributed by atoms with Gasteiger partial charge in [0.2, 0.25) is 5.91 Å². The summed E-state index contributed by atoms with van der Waals surface area (Å²) in [6, 6.07) is 11.6. The molecule has 0 saturated heterocycles. The normalized spacial score (nSPS) is 18.4. The zero-order valence-corrected chi connectivity index (χ0v) is 16.7. The summed E-state index contributed by atoms with van der Waals surface area (Å²) in [6.07, 6.45) is 0. The van der Waals surface area contributed by atoms with Crippen LogP contribution in [0.3, 0.4) is 0 Å². The number of nitrogens with one attached hydrogen (secondary N) is 2. The van der Waals surface area contributed by atoms with Gasteiger partial charge in [-0.05, 0) is 23.8 Å². The van der Waals surface area contributed by atoms with Crippen molar-refractivity contribution in [2.24, 2.45) is 0 Å². The van der Waals surface area contributed by atoms with E-state index >= 15 is 0 Å². The van der Waals surface area contributed by atoms with Crippen molar-refractivity contribution in [3.8, 4) is 0 Å². The molecule has 2 aromatic carbocycles. The number of carbonyl (C=O) groups is 3. The fourth-order valence-electron chi connectivity index (χ4n) is 3.62. The van der Waals surface area contributed by atoms with E-state index in [4.69, 9.17) is 11.6 Å². The summed E-state index contributed by atoms with van der Waals surface area (Å²) in [6.45, 7) is -0.193. The standard InChI is InChI=1S/C21H18ClFN4O3/c1-26-16-10-27(11-17(28)24-15-9-5-4-8-14(15)23)20(29)18(16)19(25-21(26)30)12-6-2-3-7-13(12)22/h2-9,19H,10-11H2,1H3,(H,24,28)(H,25,30). The number of halogens is 2. The number of anilines is 1. The van der Waals surface area contributed by atoms with E-state index in [0.29, 0.717) is 21.9 Å². The van der Waals surface area contributed by atoms with Crippen molar-refractivity contribution < 1.29 is 18.8 Å². The molecule has 9 heteroatoms. The van der Waals surface area contributed by atoms with E-state index in [1.165, 1.54) is 28.0 Å². The highest BCUT2D eigenvalue weighted by molar-refractivity contribution is 6.31. The maximum atomic E-state index is 13.8. The summed E-state index contributed by atoms with van der Waals surface area (Å²) in [5, 5.41) is 5.68. The number of rotatable bonds is 4. The molecule has 0 bridgehead atoms. The van der Waals surface area contributed by atoms with Gasteiger partial charge in [-0.25, -0.2) is 9.18 Å². The Kier molecular flexibility index (Phi) is 5.17.